The molecule has 0 bridgehead atoms. The molecule has 2 atom stereocenters. The van der Waals surface area contributed by atoms with Gasteiger partial charge in [-0.25, -0.2) is 0 Å². The molecule has 1 N–H and O–H groups in total. The quantitative estimate of drug-likeness (QED) is 0.798. The summed E-state index contributed by atoms with van der Waals surface area (Å²) in [4.78, 5) is 2.54. The van der Waals surface area contributed by atoms with Gasteiger partial charge in [-0.3, -0.25) is 4.90 Å². The van der Waals surface area contributed by atoms with E-state index in [1.54, 1.807) is 0 Å². The van der Waals surface area contributed by atoms with Crippen LogP contribution in [-0.4, -0.2) is 24.0 Å². The van der Waals surface area contributed by atoms with E-state index in [1.165, 1.54) is 19.4 Å². The van der Waals surface area contributed by atoms with Crippen LogP contribution < -0.4 is 5.32 Å². The first-order valence-corrected chi connectivity index (χ1v) is 7.71. The summed E-state index contributed by atoms with van der Waals surface area (Å²) < 4.78 is 5.90. The van der Waals surface area contributed by atoms with E-state index in [4.69, 9.17) is 4.42 Å². The van der Waals surface area contributed by atoms with Gasteiger partial charge in [-0.2, -0.15) is 0 Å². The fourth-order valence-corrected chi connectivity index (χ4v) is 2.88. The third-order valence-electron chi connectivity index (χ3n) is 4.08. The van der Waals surface area contributed by atoms with Crippen molar-refractivity contribution in [2.45, 2.75) is 59.2 Å². The highest BCUT2D eigenvalue weighted by Gasteiger charge is 2.23. The van der Waals surface area contributed by atoms with Crippen LogP contribution in [0.5, 0.6) is 0 Å². The van der Waals surface area contributed by atoms with E-state index in [-0.39, 0.29) is 0 Å². The second-order valence-corrected chi connectivity index (χ2v) is 5.99. The van der Waals surface area contributed by atoms with Gasteiger partial charge in [0.15, 0.2) is 0 Å². The Labute approximate surface area is 117 Å². The Morgan fingerprint density at radius 1 is 1.32 bits per heavy atom. The van der Waals surface area contributed by atoms with Crippen LogP contribution in [0.3, 0.4) is 0 Å². The maximum absolute atomic E-state index is 5.90. The van der Waals surface area contributed by atoms with Gasteiger partial charge in [0, 0.05) is 6.04 Å². The lowest BCUT2D eigenvalue weighted by Gasteiger charge is -2.35. The van der Waals surface area contributed by atoms with Gasteiger partial charge in [0.05, 0.1) is 13.1 Å². The number of likely N-dealkylation sites (tertiary alicyclic amines) is 1. The first kappa shape index (κ1) is 14.6. The molecule has 0 spiro atoms. The van der Waals surface area contributed by atoms with Crippen molar-refractivity contribution >= 4 is 0 Å². The molecule has 3 heteroatoms. The molecule has 0 radical (unpaired) electrons. The molecular weight excluding hydrogens is 236 g/mol. The lowest BCUT2D eigenvalue weighted by Crippen LogP contribution is -2.39. The van der Waals surface area contributed by atoms with Gasteiger partial charge < -0.3 is 9.73 Å². The molecule has 1 aliphatic heterocycles. The van der Waals surface area contributed by atoms with Crippen molar-refractivity contribution in [3.63, 3.8) is 0 Å². The third-order valence-corrected chi connectivity index (χ3v) is 4.08. The lowest BCUT2D eigenvalue weighted by molar-refractivity contribution is 0.113. The van der Waals surface area contributed by atoms with Crippen LogP contribution in [0, 0.1) is 5.92 Å². The van der Waals surface area contributed by atoms with E-state index in [0.29, 0.717) is 6.04 Å². The molecule has 1 fully saturated rings. The van der Waals surface area contributed by atoms with Crippen molar-refractivity contribution < 1.29 is 4.42 Å². The van der Waals surface area contributed by atoms with Crippen LogP contribution in [0.15, 0.2) is 16.5 Å². The molecule has 0 aliphatic carbocycles. The van der Waals surface area contributed by atoms with E-state index < -0.39 is 0 Å². The highest BCUT2D eigenvalue weighted by Crippen LogP contribution is 2.24. The summed E-state index contributed by atoms with van der Waals surface area (Å²) in [5, 5.41) is 3.38. The Bertz CT molecular complexity index is 375. The molecule has 2 unspecified atom stereocenters. The van der Waals surface area contributed by atoms with Crippen molar-refractivity contribution in [2.24, 2.45) is 5.92 Å². The molecule has 0 amide bonds. The van der Waals surface area contributed by atoms with Gasteiger partial charge in [-0.05, 0) is 57.3 Å². The summed E-state index contributed by atoms with van der Waals surface area (Å²) in [7, 11) is 0. The molecule has 1 aromatic rings. The predicted molar refractivity (Wildman–Crippen MR) is 79.0 cm³/mol. The Kier molecular flexibility index (Phi) is 5.46. The van der Waals surface area contributed by atoms with Crippen molar-refractivity contribution in [1.82, 2.24) is 10.2 Å². The molecular formula is C16H28N2O. The molecule has 1 aromatic heterocycles. The zero-order valence-electron chi connectivity index (χ0n) is 12.6. The first-order valence-electron chi connectivity index (χ1n) is 7.71. The van der Waals surface area contributed by atoms with Crippen LogP contribution in [0.1, 0.15) is 51.6 Å². The van der Waals surface area contributed by atoms with Gasteiger partial charge in [-0.1, -0.05) is 13.8 Å². The second kappa shape index (κ2) is 7.11. The average Bonchev–Trinajstić information content (AvgIpc) is 2.81. The topological polar surface area (TPSA) is 28.4 Å². The minimum absolute atomic E-state index is 0.676. The number of furan rings is 1. The summed E-state index contributed by atoms with van der Waals surface area (Å²) >= 11 is 0. The van der Waals surface area contributed by atoms with Crippen LogP contribution in [0.25, 0.3) is 0 Å². The monoisotopic (exact) mass is 264 g/mol. The maximum atomic E-state index is 5.90. The Balaban J connectivity index is 1.82. The predicted octanol–water partition coefficient (Wildman–Crippen LogP) is 3.40. The highest BCUT2D eigenvalue weighted by atomic mass is 16.3. The van der Waals surface area contributed by atoms with Crippen molar-refractivity contribution in [1.29, 1.82) is 0 Å². The van der Waals surface area contributed by atoms with Crippen molar-refractivity contribution in [3.8, 4) is 0 Å². The lowest BCUT2D eigenvalue weighted by atomic mass is 9.93. The number of hydrogen-bond donors (Lipinski definition) is 1. The molecule has 0 saturated carbocycles. The van der Waals surface area contributed by atoms with E-state index in [0.717, 1.165) is 43.5 Å². The van der Waals surface area contributed by atoms with Gasteiger partial charge in [0.2, 0.25) is 0 Å². The smallest absolute Gasteiger partial charge is 0.118 e. The van der Waals surface area contributed by atoms with E-state index >= 15 is 0 Å². The average molecular weight is 264 g/mol. The molecule has 19 heavy (non-hydrogen) atoms. The molecule has 1 aliphatic rings. The first-order chi connectivity index (χ1) is 9.19. The fraction of sp³-hybridized carbons (Fsp3) is 0.750. The second-order valence-electron chi connectivity index (χ2n) is 5.99. The largest absolute Gasteiger partial charge is 0.463 e. The number of nitrogens with zero attached hydrogens (tertiary/aromatic N) is 1. The van der Waals surface area contributed by atoms with Crippen LogP contribution in [0.2, 0.25) is 0 Å². The van der Waals surface area contributed by atoms with Crippen LogP contribution >= 0.6 is 0 Å². The Morgan fingerprint density at radius 2 is 2.11 bits per heavy atom. The van der Waals surface area contributed by atoms with Crippen molar-refractivity contribution in [3.05, 3.63) is 23.7 Å². The SMILES string of the molecule is CCCNCc1ccc(CN2CCC(C)CC2C)o1. The summed E-state index contributed by atoms with van der Waals surface area (Å²) in [5.74, 6) is 3.04. The number of nitrogens with one attached hydrogen (secondary N) is 1. The Morgan fingerprint density at radius 3 is 2.84 bits per heavy atom. The van der Waals surface area contributed by atoms with Crippen LogP contribution in [-0.2, 0) is 13.1 Å². The summed E-state index contributed by atoms with van der Waals surface area (Å²) in [5.41, 5.74) is 0. The summed E-state index contributed by atoms with van der Waals surface area (Å²) in [6, 6.07) is 4.92. The van der Waals surface area contributed by atoms with E-state index in [2.05, 4.69) is 43.1 Å². The zero-order chi connectivity index (χ0) is 13.7. The number of piperidine rings is 1. The maximum Gasteiger partial charge on any atom is 0.118 e. The number of hydrogen-bond acceptors (Lipinski definition) is 3. The third kappa shape index (κ3) is 4.36. The van der Waals surface area contributed by atoms with Crippen molar-refractivity contribution in [2.75, 3.05) is 13.1 Å². The fourth-order valence-electron chi connectivity index (χ4n) is 2.88. The molecule has 3 nitrogen and oxygen atoms in total. The van der Waals surface area contributed by atoms with Gasteiger partial charge in [0.25, 0.3) is 0 Å². The minimum atomic E-state index is 0.676. The zero-order valence-corrected chi connectivity index (χ0v) is 12.6. The van der Waals surface area contributed by atoms with Gasteiger partial charge in [0.1, 0.15) is 11.5 Å². The van der Waals surface area contributed by atoms with Crippen LogP contribution in [0.4, 0.5) is 0 Å². The standard InChI is InChI=1S/C16H28N2O/c1-4-8-17-11-15-5-6-16(19-15)12-18-9-7-13(2)10-14(18)3/h5-6,13-14,17H,4,7-12H2,1-3H3. The molecule has 2 rings (SSSR count). The Hall–Kier alpha value is -0.800. The highest BCUT2D eigenvalue weighted by molar-refractivity contribution is 5.07. The normalized spacial score (nSPS) is 24.8. The number of rotatable bonds is 6. The van der Waals surface area contributed by atoms with Gasteiger partial charge >= 0.3 is 0 Å². The van der Waals surface area contributed by atoms with E-state index in [1.807, 2.05) is 0 Å². The molecule has 108 valence electrons. The van der Waals surface area contributed by atoms with E-state index in [9.17, 15) is 0 Å². The molecule has 1 saturated heterocycles. The summed E-state index contributed by atoms with van der Waals surface area (Å²) in [6.45, 7) is 10.9. The molecule has 2 heterocycles. The van der Waals surface area contributed by atoms with Gasteiger partial charge in [-0.15, -0.1) is 0 Å². The summed E-state index contributed by atoms with van der Waals surface area (Å²) in [6.07, 6.45) is 3.79. The molecule has 0 aromatic carbocycles. The minimum Gasteiger partial charge on any atom is -0.463 e.